The van der Waals surface area contributed by atoms with Gasteiger partial charge in [0.05, 0.1) is 11.2 Å². The van der Waals surface area contributed by atoms with E-state index in [1.54, 1.807) is 35.9 Å². The first-order chi connectivity index (χ1) is 18.1. The fourth-order valence-electron chi connectivity index (χ4n) is 5.76. The van der Waals surface area contributed by atoms with Gasteiger partial charge >= 0.3 is 11.7 Å². The maximum absolute atomic E-state index is 12.7. The van der Waals surface area contributed by atoms with Crippen LogP contribution in [0.5, 0.6) is 0 Å². The molecule has 38 heavy (non-hydrogen) atoms. The molecule has 5 rings (SSSR count). The van der Waals surface area contributed by atoms with Crippen LogP contribution >= 0.6 is 0 Å². The van der Waals surface area contributed by atoms with Gasteiger partial charge in [-0.1, -0.05) is 12.1 Å². The van der Waals surface area contributed by atoms with Gasteiger partial charge in [-0.25, -0.2) is 9.59 Å². The van der Waals surface area contributed by atoms with Crippen molar-refractivity contribution in [3.63, 3.8) is 0 Å². The molecule has 204 valence electrons. The zero-order valence-electron chi connectivity index (χ0n) is 22.2. The minimum atomic E-state index is -0.943. The average Bonchev–Trinajstić information content (AvgIpc) is 3.38. The Bertz CT molecular complexity index is 1220. The molecular weight excluding hydrogens is 484 g/mol. The molecule has 5 N–H and O–H groups in total. The minimum absolute atomic E-state index is 0.139. The van der Waals surface area contributed by atoms with Crippen molar-refractivity contribution < 1.29 is 9.59 Å². The van der Waals surface area contributed by atoms with Gasteiger partial charge in [-0.15, -0.1) is 0 Å². The van der Waals surface area contributed by atoms with Gasteiger partial charge in [-0.2, -0.15) is 4.98 Å². The molecule has 0 unspecified atom stereocenters. The van der Waals surface area contributed by atoms with Crippen LogP contribution in [0.2, 0.25) is 0 Å². The third-order valence-corrected chi connectivity index (χ3v) is 8.09. The number of rotatable bonds is 7. The van der Waals surface area contributed by atoms with Gasteiger partial charge < -0.3 is 26.2 Å². The lowest BCUT2D eigenvalue weighted by molar-refractivity contribution is -0.137. The summed E-state index contributed by atoms with van der Waals surface area (Å²) >= 11 is 0. The number of anilines is 1. The molecule has 1 saturated carbocycles. The molecule has 2 saturated heterocycles. The topological polar surface area (TPSA) is 143 Å². The van der Waals surface area contributed by atoms with Crippen LogP contribution in [0.25, 0.3) is 5.69 Å². The monoisotopic (exact) mass is 522 g/mol. The Morgan fingerprint density at radius 3 is 2.24 bits per heavy atom. The Labute approximate surface area is 222 Å². The summed E-state index contributed by atoms with van der Waals surface area (Å²) in [6.07, 6.45) is 2.59. The third kappa shape index (κ3) is 5.59. The molecule has 1 aliphatic carbocycles. The SMILES string of the molecule is CC(C)(N)C(=O)N1CCN(C(=O)Nc2ccn(-c3ccc(CCN4C[C@@H]5[C@@H](CN)[C@@H]5C4)cc3)c(=O)n2)CC1. The number of carbonyl (C=O) groups is 2. The smallest absolute Gasteiger partial charge is 0.338 e. The fourth-order valence-corrected chi connectivity index (χ4v) is 5.76. The van der Waals surface area contributed by atoms with Crippen LogP contribution in [0.3, 0.4) is 0 Å². The van der Waals surface area contributed by atoms with Gasteiger partial charge in [0, 0.05) is 52.0 Å². The minimum Gasteiger partial charge on any atom is -0.338 e. The number of likely N-dealkylation sites (tertiary alicyclic amines) is 1. The first-order valence-electron chi connectivity index (χ1n) is 13.4. The summed E-state index contributed by atoms with van der Waals surface area (Å²) in [4.78, 5) is 47.6. The van der Waals surface area contributed by atoms with E-state index in [1.165, 1.54) is 10.1 Å². The van der Waals surface area contributed by atoms with E-state index in [0.717, 1.165) is 56.0 Å². The van der Waals surface area contributed by atoms with Crippen molar-refractivity contribution in [3.05, 3.63) is 52.6 Å². The third-order valence-electron chi connectivity index (χ3n) is 8.09. The van der Waals surface area contributed by atoms with Gasteiger partial charge in [0.25, 0.3) is 0 Å². The molecule has 0 bridgehead atoms. The molecule has 0 spiro atoms. The molecule has 11 nitrogen and oxygen atoms in total. The zero-order chi connectivity index (χ0) is 27.0. The normalized spacial score (nSPS) is 23.3. The standard InChI is InChI=1S/C27H38N8O3/c1-27(2,29)24(36)33-11-13-34(14-12-33)25(37)30-23-8-10-35(26(38)31-23)19-5-3-18(4-6-19)7-9-32-16-21-20(15-28)22(21)17-32/h3-6,8,10,20-22H,7,9,11-17,28-29H2,1-2H3,(H,30,31,37,38)/t20-,21-,22+. The predicted molar refractivity (Wildman–Crippen MR) is 145 cm³/mol. The Balaban J connectivity index is 1.11. The summed E-state index contributed by atoms with van der Waals surface area (Å²) in [5.74, 6) is 2.41. The second-order valence-electron chi connectivity index (χ2n) is 11.3. The second-order valence-corrected chi connectivity index (χ2v) is 11.3. The molecule has 1 aromatic heterocycles. The number of benzene rings is 1. The van der Waals surface area contributed by atoms with Crippen LogP contribution in [0, 0.1) is 17.8 Å². The molecule has 3 heterocycles. The number of piperazine rings is 1. The van der Waals surface area contributed by atoms with Crippen LogP contribution in [0.15, 0.2) is 41.3 Å². The van der Waals surface area contributed by atoms with Crippen molar-refractivity contribution in [1.82, 2.24) is 24.3 Å². The quantitative estimate of drug-likeness (QED) is 0.475. The lowest BCUT2D eigenvalue weighted by Gasteiger charge is -2.37. The van der Waals surface area contributed by atoms with Crippen molar-refractivity contribution in [2.45, 2.75) is 25.8 Å². The van der Waals surface area contributed by atoms with E-state index in [2.05, 4.69) is 15.2 Å². The van der Waals surface area contributed by atoms with Crippen LogP contribution in [0.4, 0.5) is 10.6 Å². The van der Waals surface area contributed by atoms with Crippen molar-refractivity contribution >= 4 is 17.8 Å². The number of nitrogens with zero attached hydrogens (tertiary/aromatic N) is 5. The molecule has 1 aromatic carbocycles. The number of aromatic nitrogens is 2. The van der Waals surface area contributed by atoms with E-state index in [0.29, 0.717) is 26.2 Å². The number of hydrogen-bond donors (Lipinski definition) is 3. The van der Waals surface area contributed by atoms with Crippen LogP contribution in [-0.2, 0) is 11.2 Å². The van der Waals surface area contributed by atoms with Gasteiger partial charge in [-0.3, -0.25) is 14.7 Å². The summed E-state index contributed by atoms with van der Waals surface area (Å²) in [6.45, 7) is 9.11. The van der Waals surface area contributed by atoms with Gasteiger partial charge in [0.1, 0.15) is 5.82 Å². The number of fused-ring (bicyclic) bond motifs is 1. The van der Waals surface area contributed by atoms with Gasteiger partial charge in [-0.05, 0) is 68.3 Å². The molecule has 3 atom stereocenters. The first-order valence-corrected chi connectivity index (χ1v) is 13.4. The summed E-state index contributed by atoms with van der Waals surface area (Å²) < 4.78 is 1.46. The first kappa shape index (κ1) is 26.3. The number of amides is 3. The van der Waals surface area contributed by atoms with E-state index in [9.17, 15) is 14.4 Å². The second kappa shape index (κ2) is 10.5. The Morgan fingerprint density at radius 2 is 1.66 bits per heavy atom. The number of piperidine rings is 1. The highest BCUT2D eigenvalue weighted by Gasteiger charge is 2.54. The Morgan fingerprint density at radius 1 is 1.03 bits per heavy atom. The Hall–Kier alpha value is -3.28. The highest BCUT2D eigenvalue weighted by Crippen LogP contribution is 2.50. The molecule has 3 fully saturated rings. The van der Waals surface area contributed by atoms with Gasteiger partial charge in [0.2, 0.25) is 5.91 Å². The molecule has 3 aliphatic rings. The van der Waals surface area contributed by atoms with E-state index in [-0.39, 0.29) is 17.8 Å². The predicted octanol–water partition coefficient (Wildman–Crippen LogP) is 0.325. The van der Waals surface area contributed by atoms with Gasteiger partial charge in [0.15, 0.2) is 0 Å². The number of nitrogens with two attached hydrogens (primary N) is 2. The lowest BCUT2D eigenvalue weighted by Crippen LogP contribution is -2.58. The number of carbonyl (C=O) groups excluding carboxylic acids is 2. The van der Waals surface area contributed by atoms with Crippen LogP contribution in [0.1, 0.15) is 19.4 Å². The summed E-state index contributed by atoms with van der Waals surface area (Å²) in [7, 11) is 0. The zero-order valence-corrected chi connectivity index (χ0v) is 22.2. The van der Waals surface area contributed by atoms with Crippen LogP contribution < -0.4 is 22.5 Å². The number of hydrogen-bond acceptors (Lipinski definition) is 7. The Kier molecular flexibility index (Phi) is 7.26. The number of urea groups is 1. The van der Waals surface area contributed by atoms with E-state index >= 15 is 0 Å². The van der Waals surface area contributed by atoms with E-state index < -0.39 is 11.2 Å². The summed E-state index contributed by atoms with van der Waals surface area (Å²) in [5, 5.41) is 2.69. The summed E-state index contributed by atoms with van der Waals surface area (Å²) in [5.41, 5.74) is 12.3. The molecule has 2 aliphatic heterocycles. The maximum atomic E-state index is 12.7. The van der Waals surface area contributed by atoms with Crippen molar-refractivity contribution in [3.8, 4) is 5.69 Å². The molecule has 3 amide bonds. The van der Waals surface area contributed by atoms with Crippen LogP contribution in [-0.4, -0.2) is 94.1 Å². The lowest BCUT2D eigenvalue weighted by atomic mass is 10.1. The van der Waals surface area contributed by atoms with Crippen molar-refractivity contribution in [1.29, 1.82) is 0 Å². The molecule has 0 radical (unpaired) electrons. The number of nitrogens with one attached hydrogen (secondary N) is 1. The molecule has 11 heteroatoms. The fraction of sp³-hybridized carbons (Fsp3) is 0.556. The maximum Gasteiger partial charge on any atom is 0.354 e. The van der Waals surface area contributed by atoms with E-state index in [1.807, 2.05) is 24.3 Å². The van der Waals surface area contributed by atoms with Crippen molar-refractivity contribution in [2.24, 2.45) is 29.2 Å². The molecular formula is C27H38N8O3. The molecule has 2 aromatic rings. The van der Waals surface area contributed by atoms with E-state index in [4.69, 9.17) is 11.5 Å². The highest BCUT2D eigenvalue weighted by molar-refractivity contribution is 5.89. The largest absolute Gasteiger partial charge is 0.354 e. The van der Waals surface area contributed by atoms with Crippen molar-refractivity contribution in [2.75, 3.05) is 57.7 Å². The average molecular weight is 523 g/mol. The summed E-state index contributed by atoms with van der Waals surface area (Å²) in [6, 6.07) is 9.20. The highest BCUT2D eigenvalue weighted by atomic mass is 16.2.